The molecule has 1 aliphatic carbocycles. The summed E-state index contributed by atoms with van der Waals surface area (Å²) >= 11 is 0. The second-order valence-electron chi connectivity index (χ2n) is 5.44. The minimum atomic E-state index is 0.807. The van der Waals surface area contributed by atoms with E-state index in [9.17, 15) is 0 Å². The molecule has 1 aromatic carbocycles. The van der Waals surface area contributed by atoms with Crippen LogP contribution in [-0.2, 0) is 12.8 Å². The monoisotopic (exact) mass is 215 g/mol. The fourth-order valence-corrected chi connectivity index (χ4v) is 3.44. The molecule has 0 unspecified atom stereocenters. The second kappa shape index (κ2) is 4.21. The third-order valence-corrected chi connectivity index (χ3v) is 4.24. The zero-order valence-corrected chi connectivity index (χ0v) is 10.2. The summed E-state index contributed by atoms with van der Waals surface area (Å²) in [7, 11) is 2.27. The Morgan fingerprint density at radius 1 is 1.12 bits per heavy atom. The normalized spacial score (nSPS) is 25.7. The van der Waals surface area contributed by atoms with Crippen molar-refractivity contribution in [2.75, 3.05) is 20.1 Å². The van der Waals surface area contributed by atoms with Crippen LogP contribution in [0.1, 0.15) is 41.9 Å². The van der Waals surface area contributed by atoms with E-state index in [1.54, 1.807) is 16.7 Å². The molecule has 1 aromatic rings. The predicted molar refractivity (Wildman–Crippen MR) is 67.9 cm³/mol. The third kappa shape index (κ3) is 1.78. The molecule has 0 radical (unpaired) electrons. The van der Waals surface area contributed by atoms with E-state index in [2.05, 4.69) is 30.1 Å². The molecule has 0 spiro atoms. The molecule has 1 atom stereocenters. The minimum absolute atomic E-state index is 0.807. The van der Waals surface area contributed by atoms with Crippen molar-refractivity contribution in [3.05, 3.63) is 34.9 Å². The number of hydrogen-bond donors (Lipinski definition) is 0. The Morgan fingerprint density at radius 3 is 2.81 bits per heavy atom. The Hall–Kier alpha value is -0.820. The molecular weight excluding hydrogens is 194 g/mol. The molecule has 0 fully saturated rings. The Balaban J connectivity index is 2.08. The van der Waals surface area contributed by atoms with E-state index in [-0.39, 0.29) is 0 Å². The molecule has 0 amide bonds. The van der Waals surface area contributed by atoms with Crippen LogP contribution in [0.25, 0.3) is 0 Å². The lowest BCUT2D eigenvalue weighted by atomic mass is 9.88. The van der Waals surface area contributed by atoms with Crippen LogP contribution in [0.3, 0.4) is 0 Å². The van der Waals surface area contributed by atoms with Gasteiger partial charge in [-0.3, -0.25) is 0 Å². The molecule has 1 nitrogen and oxygen atoms in total. The lowest BCUT2D eigenvalue weighted by molar-refractivity contribution is 0.318. The Kier molecular flexibility index (Phi) is 2.72. The number of likely N-dealkylation sites (N-methyl/N-ethyl adjacent to an activating group) is 1. The van der Waals surface area contributed by atoms with Crippen molar-refractivity contribution in [2.45, 2.75) is 38.0 Å². The van der Waals surface area contributed by atoms with Crippen LogP contribution in [0.15, 0.2) is 18.2 Å². The topological polar surface area (TPSA) is 3.24 Å². The van der Waals surface area contributed by atoms with Gasteiger partial charge >= 0.3 is 0 Å². The van der Waals surface area contributed by atoms with Gasteiger partial charge in [0.05, 0.1) is 0 Å². The molecule has 1 aliphatic heterocycles. The van der Waals surface area contributed by atoms with E-state index in [0.29, 0.717) is 0 Å². The van der Waals surface area contributed by atoms with Gasteiger partial charge in [0, 0.05) is 13.1 Å². The molecule has 2 aliphatic rings. The van der Waals surface area contributed by atoms with Gasteiger partial charge in [0.15, 0.2) is 0 Å². The minimum Gasteiger partial charge on any atom is -0.305 e. The summed E-state index contributed by atoms with van der Waals surface area (Å²) in [6.07, 6.45) is 6.75. The maximum absolute atomic E-state index is 2.51. The summed E-state index contributed by atoms with van der Waals surface area (Å²) in [6, 6.07) is 6.99. The lowest BCUT2D eigenvalue weighted by Crippen LogP contribution is -2.23. The van der Waals surface area contributed by atoms with Crippen molar-refractivity contribution in [3.63, 3.8) is 0 Å². The summed E-state index contributed by atoms with van der Waals surface area (Å²) < 4.78 is 0. The highest BCUT2D eigenvalue weighted by molar-refractivity contribution is 5.40. The maximum Gasteiger partial charge on any atom is 0.00475 e. The van der Waals surface area contributed by atoms with E-state index in [4.69, 9.17) is 0 Å². The summed E-state index contributed by atoms with van der Waals surface area (Å²) in [5.41, 5.74) is 5.01. The van der Waals surface area contributed by atoms with Crippen molar-refractivity contribution >= 4 is 0 Å². The van der Waals surface area contributed by atoms with Crippen molar-refractivity contribution in [1.29, 1.82) is 0 Å². The first-order valence-corrected chi connectivity index (χ1v) is 6.64. The summed E-state index contributed by atoms with van der Waals surface area (Å²) in [6.45, 7) is 2.50. The van der Waals surface area contributed by atoms with Gasteiger partial charge in [-0.2, -0.15) is 0 Å². The number of benzene rings is 1. The first kappa shape index (κ1) is 10.3. The number of rotatable bonds is 0. The Labute approximate surface area is 98.5 Å². The van der Waals surface area contributed by atoms with Crippen molar-refractivity contribution in [2.24, 2.45) is 0 Å². The van der Waals surface area contributed by atoms with E-state index in [0.717, 1.165) is 5.92 Å². The molecule has 0 aromatic heterocycles. The molecule has 16 heavy (non-hydrogen) atoms. The van der Waals surface area contributed by atoms with Gasteiger partial charge in [-0.15, -0.1) is 0 Å². The molecule has 0 saturated carbocycles. The van der Waals surface area contributed by atoms with Crippen molar-refractivity contribution in [3.8, 4) is 0 Å². The van der Waals surface area contributed by atoms with Crippen molar-refractivity contribution < 1.29 is 0 Å². The standard InChI is InChI=1S/C15H21N/c1-16-10-9-13-8-4-7-12-5-2-3-6-14(11-16)15(12)13/h4,7-8,14H,2-3,5-6,9-11H2,1H3/t14-/m0/s1. The molecule has 3 rings (SSSR count). The van der Waals surface area contributed by atoms with Crippen LogP contribution in [0.5, 0.6) is 0 Å². The molecule has 1 heteroatoms. The number of aryl methyl sites for hydroxylation is 1. The van der Waals surface area contributed by atoms with Crippen LogP contribution in [0.2, 0.25) is 0 Å². The van der Waals surface area contributed by atoms with Gasteiger partial charge in [0.2, 0.25) is 0 Å². The van der Waals surface area contributed by atoms with Gasteiger partial charge < -0.3 is 4.90 Å². The average molecular weight is 215 g/mol. The first-order chi connectivity index (χ1) is 7.84. The average Bonchev–Trinajstić information content (AvgIpc) is 2.58. The smallest absolute Gasteiger partial charge is 0.00475 e. The molecular formula is C15H21N. The summed E-state index contributed by atoms with van der Waals surface area (Å²) in [5, 5.41) is 0. The zero-order chi connectivity index (χ0) is 11.0. The largest absolute Gasteiger partial charge is 0.305 e. The van der Waals surface area contributed by atoms with Crippen LogP contribution in [0, 0.1) is 0 Å². The highest BCUT2D eigenvalue weighted by Gasteiger charge is 2.25. The van der Waals surface area contributed by atoms with E-state index in [1.807, 2.05) is 0 Å². The maximum atomic E-state index is 2.51. The van der Waals surface area contributed by atoms with E-state index >= 15 is 0 Å². The fourth-order valence-electron chi connectivity index (χ4n) is 3.44. The van der Waals surface area contributed by atoms with Gasteiger partial charge in [-0.05, 0) is 55.3 Å². The second-order valence-corrected chi connectivity index (χ2v) is 5.44. The SMILES string of the molecule is CN1CCc2cccc3c2[C@@H](CCCC3)C1. The van der Waals surface area contributed by atoms with Gasteiger partial charge in [0.1, 0.15) is 0 Å². The summed E-state index contributed by atoms with van der Waals surface area (Å²) in [4.78, 5) is 2.51. The predicted octanol–water partition coefficient (Wildman–Crippen LogP) is 2.98. The summed E-state index contributed by atoms with van der Waals surface area (Å²) in [5.74, 6) is 0.807. The zero-order valence-electron chi connectivity index (χ0n) is 10.2. The van der Waals surface area contributed by atoms with E-state index < -0.39 is 0 Å². The molecule has 0 N–H and O–H groups in total. The number of nitrogens with zero attached hydrogens (tertiary/aromatic N) is 1. The van der Waals surface area contributed by atoms with Crippen LogP contribution >= 0.6 is 0 Å². The van der Waals surface area contributed by atoms with Crippen LogP contribution in [0.4, 0.5) is 0 Å². The van der Waals surface area contributed by atoms with Crippen LogP contribution < -0.4 is 0 Å². The van der Waals surface area contributed by atoms with E-state index in [1.165, 1.54) is 45.2 Å². The Morgan fingerprint density at radius 2 is 1.94 bits per heavy atom. The van der Waals surface area contributed by atoms with Crippen LogP contribution in [-0.4, -0.2) is 25.0 Å². The first-order valence-electron chi connectivity index (χ1n) is 6.64. The highest BCUT2D eigenvalue weighted by Crippen LogP contribution is 2.35. The van der Waals surface area contributed by atoms with Gasteiger partial charge in [-0.1, -0.05) is 24.6 Å². The number of hydrogen-bond acceptors (Lipinski definition) is 1. The molecule has 1 heterocycles. The Bertz CT molecular complexity index is 383. The molecule has 0 saturated heterocycles. The lowest BCUT2D eigenvalue weighted by Gasteiger charge is -2.21. The fraction of sp³-hybridized carbons (Fsp3) is 0.600. The molecule has 86 valence electrons. The molecule has 0 bridgehead atoms. The van der Waals surface area contributed by atoms with Gasteiger partial charge in [0.25, 0.3) is 0 Å². The third-order valence-electron chi connectivity index (χ3n) is 4.24. The quantitative estimate of drug-likeness (QED) is 0.643. The van der Waals surface area contributed by atoms with Crippen molar-refractivity contribution in [1.82, 2.24) is 4.90 Å². The van der Waals surface area contributed by atoms with Gasteiger partial charge in [-0.25, -0.2) is 0 Å². The highest BCUT2D eigenvalue weighted by atomic mass is 15.1.